The van der Waals surface area contributed by atoms with E-state index >= 15 is 0 Å². The Bertz CT molecular complexity index is 972. The van der Waals surface area contributed by atoms with Gasteiger partial charge in [-0.3, -0.25) is 9.55 Å². The van der Waals surface area contributed by atoms with Gasteiger partial charge >= 0.3 is 0 Å². The fourth-order valence-corrected chi connectivity index (χ4v) is 2.81. The second-order valence-electron chi connectivity index (χ2n) is 5.11. The molecule has 0 amide bonds. The van der Waals surface area contributed by atoms with E-state index in [1.807, 2.05) is 30.6 Å². The van der Waals surface area contributed by atoms with Crippen LogP contribution in [-0.2, 0) is 0 Å². The third-order valence-electron chi connectivity index (χ3n) is 3.62. The van der Waals surface area contributed by atoms with Crippen molar-refractivity contribution in [3.05, 3.63) is 65.6 Å². The Balaban J connectivity index is 2.13. The van der Waals surface area contributed by atoms with Crippen LogP contribution in [-0.4, -0.2) is 14.5 Å². The highest BCUT2D eigenvalue weighted by Gasteiger charge is 2.10. The highest BCUT2D eigenvalue weighted by atomic mass is 35.5. The molecule has 0 radical (unpaired) electrons. The second-order valence-corrected chi connectivity index (χ2v) is 5.54. The molecule has 0 aliphatic carbocycles. The summed E-state index contributed by atoms with van der Waals surface area (Å²) in [6.07, 6.45) is 3.64. The lowest BCUT2D eigenvalue weighted by Gasteiger charge is -2.07. The van der Waals surface area contributed by atoms with E-state index in [9.17, 15) is 0 Å². The SMILES string of the molecule is Cc1cccc(-n2cnc3cnc4ccc(Cl)cc4c32)c1. The molecular formula is C17H12ClN3. The summed E-state index contributed by atoms with van der Waals surface area (Å²) in [6.45, 7) is 2.08. The molecule has 2 aromatic carbocycles. The number of aryl methyl sites for hydroxylation is 1. The smallest absolute Gasteiger partial charge is 0.108 e. The summed E-state index contributed by atoms with van der Waals surface area (Å²) in [5, 5.41) is 1.72. The fourth-order valence-electron chi connectivity index (χ4n) is 2.64. The van der Waals surface area contributed by atoms with Gasteiger partial charge in [-0.1, -0.05) is 23.7 Å². The molecule has 4 heteroatoms. The van der Waals surface area contributed by atoms with E-state index < -0.39 is 0 Å². The Labute approximate surface area is 126 Å². The summed E-state index contributed by atoms with van der Waals surface area (Å²) in [7, 11) is 0. The van der Waals surface area contributed by atoms with Gasteiger partial charge in [0.25, 0.3) is 0 Å². The maximum absolute atomic E-state index is 6.15. The van der Waals surface area contributed by atoms with Gasteiger partial charge in [0.1, 0.15) is 11.8 Å². The number of rotatable bonds is 1. The summed E-state index contributed by atoms with van der Waals surface area (Å²) in [4.78, 5) is 8.90. The van der Waals surface area contributed by atoms with Gasteiger partial charge in [-0.2, -0.15) is 0 Å². The third kappa shape index (κ3) is 1.98. The standard InChI is InChI=1S/C17H12ClN3/c1-11-3-2-4-13(7-11)21-10-20-16-9-19-15-6-5-12(18)8-14(15)17(16)21/h2-10H,1H3. The monoisotopic (exact) mass is 293 g/mol. The minimum absolute atomic E-state index is 0.703. The van der Waals surface area contributed by atoms with Gasteiger partial charge < -0.3 is 0 Å². The molecule has 0 atom stereocenters. The molecule has 4 aromatic rings. The van der Waals surface area contributed by atoms with E-state index in [2.05, 4.69) is 39.7 Å². The number of imidazole rings is 1. The van der Waals surface area contributed by atoms with E-state index in [0.717, 1.165) is 27.6 Å². The van der Waals surface area contributed by atoms with Gasteiger partial charge in [-0.05, 0) is 42.8 Å². The van der Waals surface area contributed by atoms with E-state index in [4.69, 9.17) is 11.6 Å². The minimum atomic E-state index is 0.703. The molecule has 21 heavy (non-hydrogen) atoms. The molecule has 4 rings (SSSR count). The van der Waals surface area contributed by atoms with E-state index in [0.29, 0.717) is 5.02 Å². The molecule has 0 aliphatic heterocycles. The third-order valence-corrected chi connectivity index (χ3v) is 3.85. The molecule has 0 aliphatic rings. The molecule has 0 bridgehead atoms. The average molecular weight is 294 g/mol. The summed E-state index contributed by atoms with van der Waals surface area (Å²) in [5.41, 5.74) is 5.12. The van der Waals surface area contributed by atoms with Crippen LogP contribution in [0.25, 0.3) is 27.6 Å². The van der Waals surface area contributed by atoms with Crippen LogP contribution in [0.3, 0.4) is 0 Å². The quantitative estimate of drug-likeness (QED) is 0.516. The van der Waals surface area contributed by atoms with Crippen LogP contribution in [0.4, 0.5) is 0 Å². The summed E-state index contributed by atoms with van der Waals surface area (Å²) in [5.74, 6) is 0. The van der Waals surface area contributed by atoms with Gasteiger partial charge in [0.15, 0.2) is 0 Å². The molecular weight excluding hydrogens is 282 g/mol. The van der Waals surface area contributed by atoms with Crippen molar-refractivity contribution in [1.82, 2.24) is 14.5 Å². The molecule has 0 saturated carbocycles. The first-order valence-corrected chi connectivity index (χ1v) is 7.08. The lowest BCUT2D eigenvalue weighted by molar-refractivity contribution is 1.09. The highest BCUT2D eigenvalue weighted by molar-refractivity contribution is 6.31. The van der Waals surface area contributed by atoms with Crippen LogP contribution >= 0.6 is 11.6 Å². The Kier molecular flexibility index (Phi) is 2.69. The number of hydrogen-bond donors (Lipinski definition) is 0. The minimum Gasteiger partial charge on any atom is -0.298 e. The Morgan fingerprint density at radius 3 is 2.76 bits per heavy atom. The molecule has 0 fully saturated rings. The van der Waals surface area contributed by atoms with E-state index in [1.54, 1.807) is 6.20 Å². The topological polar surface area (TPSA) is 30.7 Å². The fraction of sp³-hybridized carbons (Fsp3) is 0.0588. The van der Waals surface area contributed by atoms with Gasteiger partial charge in [-0.15, -0.1) is 0 Å². The molecule has 0 saturated heterocycles. The van der Waals surface area contributed by atoms with Crippen LogP contribution < -0.4 is 0 Å². The first-order valence-electron chi connectivity index (χ1n) is 6.71. The van der Waals surface area contributed by atoms with Crippen LogP contribution in [0.2, 0.25) is 5.02 Å². The maximum Gasteiger partial charge on any atom is 0.108 e. The first-order chi connectivity index (χ1) is 10.2. The zero-order chi connectivity index (χ0) is 14.4. The number of benzene rings is 2. The van der Waals surface area contributed by atoms with Gasteiger partial charge in [-0.25, -0.2) is 4.98 Å². The zero-order valence-electron chi connectivity index (χ0n) is 11.4. The van der Waals surface area contributed by atoms with Crippen LogP contribution in [0.15, 0.2) is 55.0 Å². The van der Waals surface area contributed by atoms with Crippen molar-refractivity contribution < 1.29 is 0 Å². The van der Waals surface area contributed by atoms with Crippen molar-refractivity contribution in [2.75, 3.05) is 0 Å². The van der Waals surface area contributed by atoms with Crippen molar-refractivity contribution in [3.8, 4) is 5.69 Å². The van der Waals surface area contributed by atoms with Crippen LogP contribution in [0.1, 0.15) is 5.56 Å². The normalized spacial score (nSPS) is 11.3. The van der Waals surface area contributed by atoms with Crippen molar-refractivity contribution >= 4 is 33.5 Å². The average Bonchev–Trinajstić information content (AvgIpc) is 2.91. The van der Waals surface area contributed by atoms with Gasteiger partial charge in [0.05, 0.1) is 17.2 Å². The number of halogens is 1. The first kappa shape index (κ1) is 12.4. The number of pyridine rings is 1. The Morgan fingerprint density at radius 1 is 1.00 bits per heavy atom. The van der Waals surface area contributed by atoms with Crippen LogP contribution in [0, 0.1) is 6.92 Å². The number of aromatic nitrogens is 3. The molecule has 0 unspecified atom stereocenters. The Morgan fingerprint density at radius 2 is 1.90 bits per heavy atom. The lowest BCUT2D eigenvalue weighted by atomic mass is 10.1. The summed E-state index contributed by atoms with van der Waals surface area (Å²) >= 11 is 6.15. The number of hydrogen-bond acceptors (Lipinski definition) is 2. The molecule has 2 heterocycles. The molecule has 0 N–H and O–H groups in total. The summed E-state index contributed by atoms with van der Waals surface area (Å²) in [6, 6.07) is 14.1. The zero-order valence-corrected chi connectivity index (χ0v) is 12.2. The van der Waals surface area contributed by atoms with Crippen molar-refractivity contribution in [3.63, 3.8) is 0 Å². The second kappa shape index (κ2) is 4.57. The molecule has 102 valence electrons. The number of fused-ring (bicyclic) bond motifs is 3. The predicted octanol–water partition coefficient (Wildman–Crippen LogP) is 4.54. The van der Waals surface area contributed by atoms with Gasteiger partial charge in [0.2, 0.25) is 0 Å². The van der Waals surface area contributed by atoms with E-state index in [-0.39, 0.29) is 0 Å². The molecule has 2 aromatic heterocycles. The summed E-state index contributed by atoms with van der Waals surface area (Å²) < 4.78 is 2.09. The largest absolute Gasteiger partial charge is 0.298 e. The molecule has 0 spiro atoms. The predicted molar refractivity (Wildman–Crippen MR) is 86.1 cm³/mol. The lowest BCUT2D eigenvalue weighted by Crippen LogP contribution is -1.93. The maximum atomic E-state index is 6.15. The van der Waals surface area contributed by atoms with Crippen molar-refractivity contribution in [2.24, 2.45) is 0 Å². The highest BCUT2D eigenvalue weighted by Crippen LogP contribution is 2.27. The Hall–Kier alpha value is -2.39. The molecule has 3 nitrogen and oxygen atoms in total. The van der Waals surface area contributed by atoms with Crippen molar-refractivity contribution in [2.45, 2.75) is 6.92 Å². The van der Waals surface area contributed by atoms with Crippen LogP contribution in [0.5, 0.6) is 0 Å². The number of nitrogens with zero attached hydrogens (tertiary/aromatic N) is 3. The van der Waals surface area contributed by atoms with Crippen molar-refractivity contribution in [1.29, 1.82) is 0 Å². The van der Waals surface area contributed by atoms with Gasteiger partial charge in [0, 0.05) is 16.1 Å². The van der Waals surface area contributed by atoms with E-state index in [1.165, 1.54) is 5.56 Å².